The van der Waals surface area contributed by atoms with Gasteiger partial charge in [-0.15, -0.1) is 0 Å². The summed E-state index contributed by atoms with van der Waals surface area (Å²) in [6.07, 6.45) is 1.30. The van der Waals surface area contributed by atoms with Gasteiger partial charge < -0.3 is 5.32 Å². The first-order valence-electron chi connectivity index (χ1n) is 10.5. The van der Waals surface area contributed by atoms with Crippen LogP contribution in [0.15, 0.2) is 60.7 Å². The lowest BCUT2D eigenvalue weighted by atomic mass is 9.98. The van der Waals surface area contributed by atoms with Crippen LogP contribution in [0.5, 0.6) is 0 Å². The Bertz CT molecular complexity index is 1250. The van der Waals surface area contributed by atoms with Gasteiger partial charge >= 0.3 is 0 Å². The summed E-state index contributed by atoms with van der Waals surface area (Å²) in [5, 5.41) is 6.02. The highest BCUT2D eigenvalue weighted by Crippen LogP contribution is 2.26. The normalized spacial score (nSPS) is 17.4. The first-order valence-corrected chi connectivity index (χ1v) is 12.9. The van der Waals surface area contributed by atoms with Crippen molar-refractivity contribution >= 4 is 49.9 Å². The van der Waals surface area contributed by atoms with E-state index in [9.17, 15) is 13.2 Å². The minimum Gasteiger partial charge on any atom is -0.352 e. The van der Waals surface area contributed by atoms with E-state index in [1.54, 1.807) is 12.1 Å². The van der Waals surface area contributed by atoms with Gasteiger partial charge in [0, 0.05) is 29.7 Å². The van der Waals surface area contributed by atoms with Gasteiger partial charge in [-0.1, -0.05) is 65.7 Å². The molecule has 0 unspecified atom stereocenters. The maximum atomic E-state index is 13.0. The molecule has 3 aromatic rings. The average molecular weight is 491 g/mol. The first-order chi connectivity index (χ1) is 15.3. The van der Waals surface area contributed by atoms with E-state index in [2.05, 4.69) is 11.4 Å². The summed E-state index contributed by atoms with van der Waals surface area (Å²) < 4.78 is 27.3. The van der Waals surface area contributed by atoms with E-state index in [1.807, 2.05) is 36.4 Å². The molecule has 0 spiro atoms. The molecule has 1 atom stereocenters. The number of halogens is 2. The number of fused-ring (bicyclic) bond motifs is 1. The largest absolute Gasteiger partial charge is 0.352 e. The zero-order valence-corrected chi connectivity index (χ0v) is 19.8. The molecule has 1 aliphatic rings. The molecular formula is C24H24Cl2N2O3S. The minimum atomic E-state index is -3.60. The van der Waals surface area contributed by atoms with Crippen LogP contribution in [-0.2, 0) is 27.1 Å². The van der Waals surface area contributed by atoms with Gasteiger partial charge in [0.25, 0.3) is 0 Å². The number of carbonyl (C=O) groups excluding carboxylic acids is 1. The monoisotopic (exact) mass is 490 g/mol. The number of hydrogen-bond acceptors (Lipinski definition) is 3. The van der Waals surface area contributed by atoms with Crippen LogP contribution in [0, 0.1) is 5.92 Å². The zero-order valence-electron chi connectivity index (χ0n) is 17.4. The fourth-order valence-corrected chi connectivity index (χ4v) is 6.21. The van der Waals surface area contributed by atoms with Crippen molar-refractivity contribution in [1.29, 1.82) is 0 Å². The van der Waals surface area contributed by atoms with E-state index in [-0.39, 0.29) is 24.1 Å². The molecular weight excluding hydrogens is 467 g/mol. The topological polar surface area (TPSA) is 66.5 Å². The number of nitrogens with zero attached hydrogens (tertiary/aromatic N) is 1. The quantitative estimate of drug-likeness (QED) is 0.528. The Labute approximate surface area is 198 Å². The number of benzene rings is 3. The molecule has 0 aliphatic carbocycles. The van der Waals surface area contributed by atoms with Crippen LogP contribution in [0.2, 0.25) is 10.0 Å². The molecule has 1 saturated heterocycles. The summed E-state index contributed by atoms with van der Waals surface area (Å²) in [6, 6.07) is 18.9. The number of hydrogen-bond donors (Lipinski definition) is 1. The second-order valence-corrected chi connectivity index (χ2v) is 10.9. The predicted octanol–water partition coefficient (Wildman–Crippen LogP) is 5.00. The molecule has 1 amide bonds. The number of rotatable bonds is 6. The number of amides is 1. The van der Waals surface area contributed by atoms with E-state index >= 15 is 0 Å². The molecule has 168 valence electrons. The van der Waals surface area contributed by atoms with E-state index < -0.39 is 10.0 Å². The molecule has 1 N–H and O–H groups in total. The maximum Gasteiger partial charge on any atom is 0.224 e. The van der Waals surface area contributed by atoms with Crippen molar-refractivity contribution in [3.8, 4) is 0 Å². The highest BCUT2D eigenvalue weighted by atomic mass is 35.5. The summed E-state index contributed by atoms with van der Waals surface area (Å²) in [4.78, 5) is 12.8. The Morgan fingerprint density at radius 3 is 2.59 bits per heavy atom. The Kier molecular flexibility index (Phi) is 7.05. The third-order valence-electron chi connectivity index (χ3n) is 5.78. The Balaban J connectivity index is 1.38. The third-order valence-corrected chi connectivity index (χ3v) is 8.16. The van der Waals surface area contributed by atoms with Gasteiger partial charge in [0.2, 0.25) is 15.9 Å². The van der Waals surface area contributed by atoms with Gasteiger partial charge in [-0.25, -0.2) is 12.7 Å². The fourth-order valence-electron chi connectivity index (χ4n) is 4.02. The minimum absolute atomic E-state index is 0.123. The smallest absolute Gasteiger partial charge is 0.224 e. The standard InChI is InChI=1S/C24H24Cl2N2O3S/c25-22-10-9-21(23(26)13-22)16-32(30,31)28-11-3-6-20(15-28)24(29)27-14-17-7-8-18-4-1-2-5-19(18)12-17/h1-2,4-5,7-10,12-13,20H,3,6,11,14-16H2,(H,27,29)/t20-/m0/s1. The summed E-state index contributed by atoms with van der Waals surface area (Å²) in [7, 11) is -3.60. The highest BCUT2D eigenvalue weighted by molar-refractivity contribution is 7.88. The second-order valence-electron chi connectivity index (χ2n) is 8.09. The summed E-state index contributed by atoms with van der Waals surface area (Å²) >= 11 is 12.1. The van der Waals surface area contributed by atoms with Crippen molar-refractivity contribution in [2.24, 2.45) is 5.92 Å². The predicted molar refractivity (Wildman–Crippen MR) is 129 cm³/mol. The highest BCUT2D eigenvalue weighted by Gasteiger charge is 2.32. The van der Waals surface area contributed by atoms with Gasteiger partial charge in [-0.2, -0.15) is 0 Å². The van der Waals surface area contributed by atoms with E-state index in [1.165, 1.54) is 10.4 Å². The molecule has 0 bridgehead atoms. The van der Waals surface area contributed by atoms with Crippen molar-refractivity contribution in [3.05, 3.63) is 81.8 Å². The maximum absolute atomic E-state index is 13.0. The van der Waals surface area contributed by atoms with Gasteiger partial charge in [-0.05, 0) is 52.9 Å². The van der Waals surface area contributed by atoms with Crippen LogP contribution < -0.4 is 5.32 Å². The first kappa shape index (κ1) is 23.1. The van der Waals surface area contributed by atoms with Crippen LogP contribution in [-0.4, -0.2) is 31.7 Å². The number of nitrogens with one attached hydrogen (secondary N) is 1. The second kappa shape index (κ2) is 9.79. The molecule has 0 radical (unpaired) electrons. The Morgan fingerprint density at radius 2 is 1.81 bits per heavy atom. The van der Waals surface area contributed by atoms with Crippen LogP contribution in [0.4, 0.5) is 0 Å². The van der Waals surface area contributed by atoms with E-state index in [0.717, 1.165) is 16.3 Å². The lowest BCUT2D eigenvalue weighted by molar-refractivity contribution is -0.126. The molecule has 8 heteroatoms. The van der Waals surface area contributed by atoms with Gasteiger partial charge in [0.05, 0.1) is 11.7 Å². The molecule has 0 saturated carbocycles. The van der Waals surface area contributed by atoms with E-state index in [4.69, 9.17) is 23.2 Å². The summed E-state index contributed by atoms with van der Waals surface area (Å²) in [6.45, 7) is 0.992. The van der Waals surface area contributed by atoms with Crippen LogP contribution in [0.25, 0.3) is 10.8 Å². The van der Waals surface area contributed by atoms with Gasteiger partial charge in [0.1, 0.15) is 0 Å². The van der Waals surface area contributed by atoms with Crippen LogP contribution in [0.3, 0.4) is 0 Å². The molecule has 1 aliphatic heterocycles. The third kappa shape index (κ3) is 5.44. The molecule has 3 aromatic carbocycles. The van der Waals surface area contributed by atoms with E-state index in [0.29, 0.717) is 41.5 Å². The zero-order chi connectivity index (χ0) is 22.7. The molecule has 5 nitrogen and oxygen atoms in total. The molecule has 1 fully saturated rings. The lowest BCUT2D eigenvalue weighted by Gasteiger charge is -2.31. The van der Waals surface area contributed by atoms with Crippen molar-refractivity contribution in [3.63, 3.8) is 0 Å². The Morgan fingerprint density at radius 1 is 1.03 bits per heavy atom. The van der Waals surface area contributed by atoms with Crippen molar-refractivity contribution in [2.45, 2.75) is 25.1 Å². The van der Waals surface area contributed by atoms with Crippen molar-refractivity contribution in [1.82, 2.24) is 9.62 Å². The average Bonchev–Trinajstić information content (AvgIpc) is 2.79. The summed E-state index contributed by atoms with van der Waals surface area (Å²) in [5.41, 5.74) is 1.51. The van der Waals surface area contributed by atoms with Gasteiger partial charge in [0.15, 0.2) is 0 Å². The molecule has 0 aromatic heterocycles. The number of piperidine rings is 1. The number of sulfonamides is 1. The van der Waals surface area contributed by atoms with Crippen LogP contribution in [0.1, 0.15) is 24.0 Å². The molecule has 1 heterocycles. The molecule has 32 heavy (non-hydrogen) atoms. The van der Waals surface area contributed by atoms with Crippen molar-refractivity contribution < 1.29 is 13.2 Å². The molecule has 4 rings (SSSR count). The Hall–Kier alpha value is -2.12. The fraction of sp³-hybridized carbons (Fsp3) is 0.292. The van der Waals surface area contributed by atoms with Gasteiger partial charge in [-0.3, -0.25) is 4.79 Å². The van der Waals surface area contributed by atoms with Crippen molar-refractivity contribution in [2.75, 3.05) is 13.1 Å². The lowest BCUT2D eigenvalue weighted by Crippen LogP contribution is -2.45. The summed E-state index contributed by atoms with van der Waals surface area (Å²) in [5.74, 6) is -0.712. The van der Waals surface area contributed by atoms with Crippen LogP contribution >= 0.6 is 23.2 Å². The SMILES string of the molecule is O=C(NCc1ccc2ccccc2c1)[C@H]1CCCN(S(=O)(=O)Cc2ccc(Cl)cc2Cl)C1. The number of carbonyl (C=O) groups is 1.